The summed E-state index contributed by atoms with van der Waals surface area (Å²) in [6, 6.07) is 2.26. The van der Waals surface area contributed by atoms with Crippen molar-refractivity contribution < 1.29 is 4.74 Å². The van der Waals surface area contributed by atoms with Gasteiger partial charge in [-0.3, -0.25) is 0 Å². The van der Waals surface area contributed by atoms with Crippen molar-refractivity contribution in [2.45, 2.75) is 56.7 Å². The molecule has 2 aliphatic carbocycles. The molecule has 2 heteroatoms. The van der Waals surface area contributed by atoms with Gasteiger partial charge in [-0.15, -0.1) is 0 Å². The van der Waals surface area contributed by atoms with E-state index in [2.05, 4.69) is 13.0 Å². The minimum absolute atomic E-state index is 0.133. The number of hydrogen-bond donors (Lipinski definition) is 0. The lowest BCUT2D eigenvalue weighted by atomic mass is 9.92. The topological polar surface area (TPSA) is 33.0 Å². The fraction of sp³-hybridized carbons (Fsp3) is 0.917. The van der Waals surface area contributed by atoms with Gasteiger partial charge in [0.1, 0.15) is 0 Å². The van der Waals surface area contributed by atoms with Crippen molar-refractivity contribution in [3.8, 4) is 6.07 Å². The molecule has 0 amide bonds. The van der Waals surface area contributed by atoms with Crippen molar-refractivity contribution in [1.29, 1.82) is 5.26 Å². The van der Waals surface area contributed by atoms with Crippen LogP contribution < -0.4 is 0 Å². The molecule has 2 saturated carbocycles. The molecule has 3 rings (SSSR count). The van der Waals surface area contributed by atoms with Crippen LogP contribution in [0.4, 0.5) is 0 Å². The molecule has 0 N–H and O–H groups in total. The van der Waals surface area contributed by atoms with E-state index < -0.39 is 0 Å². The van der Waals surface area contributed by atoms with Gasteiger partial charge in [-0.25, -0.2) is 0 Å². The number of hydrogen-bond acceptors (Lipinski definition) is 2. The Bertz CT molecular complexity index is 308. The summed E-state index contributed by atoms with van der Waals surface area (Å²) in [5, 5.41) is 8.77. The van der Waals surface area contributed by atoms with Crippen LogP contribution in [-0.2, 0) is 4.74 Å². The van der Waals surface area contributed by atoms with Crippen LogP contribution in [0.25, 0.3) is 0 Å². The SMILES string of the molecule is CC1(CC#N)CCC2(CCC3CC32)O1. The Hall–Kier alpha value is -0.550. The predicted octanol–water partition coefficient (Wildman–Crippen LogP) is 2.64. The Labute approximate surface area is 85.2 Å². The van der Waals surface area contributed by atoms with Gasteiger partial charge in [0.15, 0.2) is 0 Å². The maximum absolute atomic E-state index is 8.77. The summed E-state index contributed by atoms with van der Waals surface area (Å²) in [7, 11) is 0. The summed E-state index contributed by atoms with van der Waals surface area (Å²) in [5.41, 5.74) is 0.0719. The smallest absolute Gasteiger partial charge is 0.0792 e. The third-order valence-corrected chi connectivity index (χ3v) is 4.52. The molecule has 3 fully saturated rings. The highest BCUT2D eigenvalue weighted by Gasteiger charge is 2.62. The molecule has 1 heterocycles. The van der Waals surface area contributed by atoms with Gasteiger partial charge in [-0.2, -0.15) is 5.26 Å². The molecule has 76 valence electrons. The van der Waals surface area contributed by atoms with E-state index in [0.717, 1.165) is 18.3 Å². The van der Waals surface area contributed by atoms with Crippen LogP contribution in [0.15, 0.2) is 0 Å². The minimum Gasteiger partial charge on any atom is -0.367 e. The van der Waals surface area contributed by atoms with Gasteiger partial charge < -0.3 is 4.74 Å². The van der Waals surface area contributed by atoms with Gasteiger partial charge in [-0.1, -0.05) is 0 Å². The van der Waals surface area contributed by atoms with E-state index in [0.29, 0.717) is 6.42 Å². The second-order valence-corrected chi connectivity index (χ2v) is 5.59. The van der Waals surface area contributed by atoms with Crippen molar-refractivity contribution in [2.24, 2.45) is 11.8 Å². The molecule has 0 aromatic rings. The predicted molar refractivity (Wildman–Crippen MR) is 52.5 cm³/mol. The molecule has 3 aliphatic rings. The van der Waals surface area contributed by atoms with Gasteiger partial charge in [0.25, 0.3) is 0 Å². The van der Waals surface area contributed by atoms with Gasteiger partial charge in [0, 0.05) is 0 Å². The third-order valence-electron chi connectivity index (χ3n) is 4.52. The average Bonchev–Trinajstić information content (AvgIpc) is 2.77. The van der Waals surface area contributed by atoms with Crippen LogP contribution in [0.3, 0.4) is 0 Å². The van der Waals surface area contributed by atoms with E-state index in [4.69, 9.17) is 10.00 Å². The number of rotatable bonds is 1. The first kappa shape index (κ1) is 8.73. The highest BCUT2D eigenvalue weighted by Crippen LogP contribution is 2.64. The fourth-order valence-electron chi connectivity index (χ4n) is 3.62. The molecule has 0 bridgehead atoms. The molecule has 1 spiro atoms. The lowest BCUT2D eigenvalue weighted by Crippen LogP contribution is -2.33. The lowest BCUT2D eigenvalue weighted by molar-refractivity contribution is -0.100. The number of fused-ring (bicyclic) bond motifs is 2. The number of ether oxygens (including phenoxy) is 1. The van der Waals surface area contributed by atoms with Crippen molar-refractivity contribution in [1.82, 2.24) is 0 Å². The molecule has 4 unspecified atom stereocenters. The molecular formula is C12H17NO. The summed E-state index contributed by atoms with van der Waals surface area (Å²) in [4.78, 5) is 0. The van der Waals surface area contributed by atoms with E-state index in [1.165, 1.54) is 25.7 Å². The molecule has 14 heavy (non-hydrogen) atoms. The van der Waals surface area contributed by atoms with Crippen LogP contribution in [0.5, 0.6) is 0 Å². The van der Waals surface area contributed by atoms with Crippen LogP contribution in [0.1, 0.15) is 45.4 Å². The molecule has 4 atom stereocenters. The van der Waals surface area contributed by atoms with Gasteiger partial charge in [-0.05, 0) is 50.9 Å². The Morgan fingerprint density at radius 1 is 1.43 bits per heavy atom. The Kier molecular flexibility index (Phi) is 1.57. The Balaban J connectivity index is 1.78. The third kappa shape index (κ3) is 1.05. The highest BCUT2D eigenvalue weighted by atomic mass is 16.5. The lowest BCUT2D eigenvalue weighted by Gasteiger charge is -2.30. The summed E-state index contributed by atoms with van der Waals surface area (Å²) in [6.45, 7) is 2.11. The summed E-state index contributed by atoms with van der Waals surface area (Å²) < 4.78 is 6.27. The van der Waals surface area contributed by atoms with E-state index in [-0.39, 0.29) is 11.2 Å². The molecule has 0 radical (unpaired) electrons. The van der Waals surface area contributed by atoms with E-state index in [9.17, 15) is 0 Å². The quantitative estimate of drug-likeness (QED) is 0.638. The second-order valence-electron chi connectivity index (χ2n) is 5.59. The van der Waals surface area contributed by atoms with E-state index >= 15 is 0 Å². The molecule has 0 aromatic carbocycles. The second kappa shape index (κ2) is 2.52. The van der Waals surface area contributed by atoms with Crippen LogP contribution in [-0.4, -0.2) is 11.2 Å². The Morgan fingerprint density at radius 3 is 2.86 bits per heavy atom. The van der Waals surface area contributed by atoms with Crippen molar-refractivity contribution in [3.05, 3.63) is 0 Å². The summed E-state index contributed by atoms with van der Waals surface area (Å²) >= 11 is 0. The zero-order valence-corrected chi connectivity index (χ0v) is 8.75. The molecule has 1 aliphatic heterocycles. The van der Waals surface area contributed by atoms with Crippen LogP contribution in [0.2, 0.25) is 0 Å². The van der Waals surface area contributed by atoms with Gasteiger partial charge in [0.05, 0.1) is 23.7 Å². The zero-order chi connectivity index (χ0) is 9.81. The molecular weight excluding hydrogens is 174 g/mol. The number of nitrogens with zero attached hydrogens (tertiary/aromatic N) is 1. The van der Waals surface area contributed by atoms with Crippen molar-refractivity contribution in [3.63, 3.8) is 0 Å². The standard InChI is InChI=1S/C12H17NO/c1-11(6-7-13)4-5-12(14-11)3-2-9-8-10(9)12/h9-10H,2-6,8H2,1H3. The van der Waals surface area contributed by atoms with Crippen molar-refractivity contribution in [2.75, 3.05) is 0 Å². The summed E-state index contributed by atoms with van der Waals surface area (Å²) in [6.07, 6.45) is 6.86. The van der Waals surface area contributed by atoms with E-state index in [1.807, 2.05) is 0 Å². The van der Waals surface area contributed by atoms with Gasteiger partial charge >= 0.3 is 0 Å². The highest BCUT2D eigenvalue weighted by molar-refractivity contribution is 5.13. The van der Waals surface area contributed by atoms with Crippen LogP contribution in [0, 0.1) is 23.2 Å². The number of nitriles is 1. The summed E-state index contributed by atoms with van der Waals surface area (Å²) in [5.74, 6) is 1.82. The maximum Gasteiger partial charge on any atom is 0.0792 e. The minimum atomic E-state index is -0.133. The monoisotopic (exact) mass is 191 g/mol. The molecule has 0 aromatic heterocycles. The maximum atomic E-state index is 8.77. The Morgan fingerprint density at radius 2 is 2.29 bits per heavy atom. The molecule has 2 nitrogen and oxygen atoms in total. The first-order valence-electron chi connectivity index (χ1n) is 5.75. The molecule has 1 saturated heterocycles. The van der Waals surface area contributed by atoms with Gasteiger partial charge in [0.2, 0.25) is 0 Å². The normalized spacial score (nSPS) is 54.6. The zero-order valence-electron chi connectivity index (χ0n) is 8.75. The average molecular weight is 191 g/mol. The van der Waals surface area contributed by atoms with Crippen LogP contribution >= 0.6 is 0 Å². The van der Waals surface area contributed by atoms with Crippen molar-refractivity contribution >= 4 is 0 Å². The first-order valence-corrected chi connectivity index (χ1v) is 5.75. The van der Waals surface area contributed by atoms with E-state index in [1.54, 1.807) is 0 Å². The first-order chi connectivity index (χ1) is 6.68. The largest absolute Gasteiger partial charge is 0.367 e. The fourth-order valence-corrected chi connectivity index (χ4v) is 3.62.